The molecule has 1 aromatic carbocycles. The molecule has 1 heterocycles. The number of hydrogen-bond donors (Lipinski definition) is 2. The first kappa shape index (κ1) is 13.3. The summed E-state index contributed by atoms with van der Waals surface area (Å²) in [5.74, 6) is -0.156. The lowest BCUT2D eigenvalue weighted by Gasteiger charge is -2.27. The highest BCUT2D eigenvalue weighted by Crippen LogP contribution is 2.22. The van der Waals surface area contributed by atoms with Crippen molar-refractivity contribution in [3.05, 3.63) is 34.3 Å². The van der Waals surface area contributed by atoms with Crippen LogP contribution in [0.15, 0.2) is 18.2 Å². The van der Waals surface area contributed by atoms with Gasteiger partial charge < -0.3 is 15.3 Å². The van der Waals surface area contributed by atoms with E-state index in [4.69, 9.17) is 11.6 Å². The number of aliphatic hydroxyl groups is 1. The van der Waals surface area contributed by atoms with Crippen LogP contribution in [0, 0.1) is 6.92 Å². The van der Waals surface area contributed by atoms with Crippen LogP contribution >= 0.6 is 11.6 Å². The van der Waals surface area contributed by atoms with E-state index in [9.17, 15) is 9.90 Å². The number of amides is 1. The van der Waals surface area contributed by atoms with Crippen molar-refractivity contribution in [2.75, 3.05) is 20.1 Å². The van der Waals surface area contributed by atoms with Crippen LogP contribution in [0.3, 0.4) is 0 Å². The number of aliphatic hydroxyl groups excluding tert-OH is 1. The van der Waals surface area contributed by atoms with E-state index in [0.717, 1.165) is 5.56 Å². The zero-order valence-electron chi connectivity index (χ0n) is 10.5. The molecule has 0 radical (unpaired) electrons. The van der Waals surface area contributed by atoms with E-state index in [0.29, 0.717) is 23.7 Å². The third kappa shape index (κ3) is 2.36. The predicted molar refractivity (Wildman–Crippen MR) is 70.9 cm³/mol. The SMILES string of the molecule is Cc1cccc(C(=O)N(C)[C@@H]2CNC[C@H]2O)c1Cl. The van der Waals surface area contributed by atoms with Gasteiger partial charge in [-0.2, -0.15) is 0 Å². The highest BCUT2D eigenvalue weighted by Gasteiger charge is 2.32. The van der Waals surface area contributed by atoms with Gasteiger partial charge in [0, 0.05) is 20.1 Å². The summed E-state index contributed by atoms with van der Waals surface area (Å²) in [4.78, 5) is 13.9. The first-order chi connectivity index (χ1) is 8.52. The summed E-state index contributed by atoms with van der Waals surface area (Å²) in [5.41, 5.74) is 1.36. The number of nitrogens with zero attached hydrogens (tertiary/aromatic N) is 1. The van der Waals surface area contributed by atoms with Crippen LogP contribution in [0.25, 0.3) is 0 Å². The van der Waals surface area contributed by atoms with Crippen LogP contribution in [0.2, 0.25) is 5.02 Å². The quantitative estimate of drug-likeness (QED) is 0.843. The number of halogens is 1. The number of likely N-dealkylation sites (N-methyl/N-ethyl adjacent to an activating group) is 1. The van der Waals surface area contributed by atoms with Gasteiger partial charge in [0.05, 0.1) is 22.7 Å². The fourth-order valence-electron chi connectivity index (χ4n) is 2.20. The van der Waals surface area contributed by atoms with Crippen molar-refractivity contribution in [1.82, 2.24) is 10.2 Å². The van der Waals surface area contributed by atoms with E-state index in [1.54, 1.807) is 18.0 Å². The Kier molecular flexibility index (Phi) is 3.90. The maximum atomic E-state index is 12.4. The molecule has 1 amide bonds. The second-order valence-corrected chi connectivity index (χ2v) is 5.02. The minimum atomic E-state index is -0.525. The van der Waals surface area contributed by atoms with E-state index < -0.39 is 6.10 Å². The summed E-state index contributed by atoms with van der Waals surface area (Å²) in [6.45, 7) is 2.99. The molecule has 0 aromatic heterocycles. The third-order valence-electron chi connectivity index (χ3n) is 3.39. The first-order valence-electron chi connectivity index (χ1n) is 5.93. The average Bonchev–Trinajstić information content (AvgIpc) is 2.77. The van der Waals surface area contributed by atoms with Gasteiger partial charge in [0.25, 0.3) is 5.91 Å². The molecule has 2 rings (SSSR count). The summed E-state index contributed by atoms with van der Waals surface area (Å²) < 4.78 is 0. The van der Waals surface area contributed by atoms with Crippen molar-refractivity contribution in [2.24, 2.45) is 0 Å². The van der Waals surface area contributed by atoms with Crippen LogP contribution in [-0.2, 0) is 0 Å². The number of carbonyl (C=O) groups excluding carboxylic acids is 1. The van der Waals surface area contributed by atoms with Crippen molar-refractivity contribution in [1.29, 1.82) is 0 Å². The summed E-state index contributed by atoms with van der Waals surface area (Å²) in [5, 5.41) is 13.3. The van der Waals surface area contributed by atoms with Crippen LogP contribution in [-0.4, -0.2) is 48.2 Å². The maximum Gasteiger partial charge on any atom is 0.255 e. The van der Waals surface area contributed by atoms with E-state index in [-0.39, 0.29) is 11.9 Å². The van der Waals surface area contributed by atoms with Crippen molar-refractivity contribution in [2.45, 2.75) is 19.1 Å². The Labute approximate surface area is 112 Å². The monoisotopic (exact) mass is 268 g/mol. The van der Waals surface area contributed by atoms with Gasteiger partial charge in [-0.1, -0.05) is 23.7 Å². The van der Waals surface area contributed by atoms with Gasteiger partial charge in [-0.3, -0.25) is 4.79 Å². The number of hydrogen-bond acceptors (Lipinski definition) is 3. The van der Waals surface area contributed by atoms with Gasteiger partial charge in [0.2, 0.25) is 0 Å². The van der Waals surface area contributed by atoms with Gasteiger partial charge in [-0.05, 0) is 18.6 Å². The average molecular weight is 269 g/mol. The molecule has 0 aliphatic carbocycles. The molecule has 1 aromatic rings. The van der Waals surface area contributed by atoms with Crippen LogP contribution in [0.5, 0.6) is 0 Å². The van der Waals surface area contributed by atoms with E-state index in [2.05, 4.69) is 5.32 Å². The fraction of sp³-hybridized carbons (Fsp3) is 0.462. The molecule has 18 heavy (non-hydrogen) atoms. The molecule has 5 heteroatoms. The summed E-state index contributed by atoms with van der Waals surface area (Å²) in [6, 6.07) is 5.19. The van der Waals surface area contributed by atoms with Gasteiger partial charge in [-0.25, -0.2) is 0 Å². The largest absolute Gasteiger partial charge is 0.390 e. The minimum Gasteiger partial charge on any atom is -0.390 e. The molecule has 4 nitrogen and oxygen atoms in total. The van der Waals surface area contributed by atoms with E-state index in [1.807, 2.05) is 19.1 Å². The lowest BCUT2D eigenvalue weighted by Crippen LogP contribution is -2.44. The smallest absolute Gasteiger partial charge is 0.255 e. The molecule has 1 aliphatic heterocycles. The summed E-state index contributed by atoms with van der Waals surface area (Å²) in [7, 11) is 1.70. The number of aryl methyl sites for hydroxylation is 1. The molecular formula is C13H17ClN2O2. The standard InChI is InChI=1S/C13H17ClN2O2/c1-8-4-3-5-9(12(8)14)13(18)16(2)10-6-15-7-11(10)17/h3-5,10-11,15,17H,6-7H2,1-2H3/t10-,11-/m1/s1. The lowest BCUT2D eigenvalue weighted by molar-refractivity contribution is 0.0581. The molecule has 0 bridgehead atoms. The summed E-state index contributed by atoms with van der Waals surface area (Å²) >= 11 is 6.15. The maximum absolute atomic E-state index is 12.4. The van der Waals surface area contributed by atoms with Gasteiger partial charge in [-0.15, -0.1) is 0 Å². The highest BCUT2D eigenvalue weighted by molar-refractivity contribution is 6.34. The highest BCUT2D eigenvalue weighted by atomic mass is 35.5. The molecule has 2 N–H and O–H groups in total. The molecule has 0 spiro atoms. The Morgan fingerprint density at radius 1 is 1.50 bits per heavy atom. The molecule has 0 unspecified atom stereocenters. The fourth-order valence-corrected chi connectivity index (χ4v) is 2.41. The molecule has 0 saturated carbocycles. The number of benzene rings is 1. The van der Waals surface area contributed by atoms with Crippen LogP contribution in [0.4, 0.5) is 0 Å². The molecule has 2 atom stereocenters. The zero-order chi connectivity index (χ0) is 13.3. The number of β-amino-alcohol motifs (C(OH)–C–C–N with tert-alkyl or cyclic N) is 1. The first-order valence-corrected chi connectivity index (χ1v) is 6.31. The second-order valence-electron chi connectivity index (χ2n) is 4.65. The molecule has 1 fully saturated rings. The Bertz CT molecular complexity index is 464. The van der Waals surface area contributed by atoms with Crippen molar-refractivity contribution in [3.8, 4) is 0 Å². The van der Waals surface area contributed by atoms with Crippen molar-refractivity contribution in [3.63, 3.8) is 0 Å². The van der Waals surface area contributed by atoms with E-state index in [1.165, 1.54) is 0 Å². The number of nitrogens with one attached hydrogen (secondary N) is 1. The molecule has 1 aliphatic rings. The lowest BCUT2D eigenvalue weighted by atomic mass is 10.1. The van der Waals surface area contributed by atoms with Crippen molar-refractivity contribution >= 4 is 17.5 Å². The van der Waals surface area contributed by atoms with Crippen molar-refractivity contribution < 1.29 is 9.90 Å². The Balaban J connectivity index is 2.23. The van der Waals surface area contributed by atoms with Gasteiger partial charge in [0.15, 0.2) is 0 Å². The number of rotatable bonds is 2. The zero-order valence-corrected chi connectivity index (χ0v) is 11.2. The second kappa shape index (κ2) is 5.26. The van der Waals surface area contributed by atoms with Crippen LogP contribution in [0.1, 0.15) is 15.9 Å². The number of carbonyl (C=O) groups is 1. The Hall–Kier alpha value is -1.10. The summed E-state index contributed by atoms with van der Waals surface area (Å²) in [6.07, 6.45) is -0.525. The third-order valence-corrected chi connectivity index (χ3v) is 3.89. The normalized spacial score (nSPS) is 23.1. The Morgan fingerprint density at radius 3 is 2.83 bits per heavy atom. The predicted octanol–water partition coefficient (Wildman–Crippen LogP) is 1.05. The van der Waals surface area contributed by atoms with Crippen LogP contribution < -0.4 is 5.32 Å². The molecular weight excluding hydrogens is 252 g/mol. The molecule has 1 saturated heterocycles. The Morgan fingerprint density at radius 2 is 2.22 bits per heavy atom. The minimum absolute atomic E-state index is 0.156. The molecule has 98 valence electrons. The van der Waals surface area contributed by atoms with Gasteiger partial charge in [0.1, 0.15) is 0 Å². The topological polar surface area (TPSA) is 52.6 Å². The van der Waals surface area contributed by atoms with Gasteiger partial charge >= 0.3 is 0 Å². The van der Waals surface area contributed by atoms with E-state index >= 15 is 0 Å².